The van der Waals surface area contributed by atoms with E-state index in [2.05, 4.69) is 0 Å². The second-order valence-electron chi connectivity index (χ2n) is 4.89. The van der Waals surface area contributed by atoms with Crippen LogP contribution in [-0.2, 0) is 4.79 Å². The van der Waals surface area contributed by atoms with E-state index in [0.717, 1.165) is 17.3 Å². The molecule has 1 saturated heterocycles. The maximum absolute atomic E-state index is 12.7. The molecule has 1 amide bonds. The third-order valence-corrected chi connectivity index (χ3v) is 4.98. The first-order valence-electron chi connectivity index (χ1n) is 6.83. The van der Waals surface area contributed by atoms with Crippen molar-refractivity contribution in [3.05, 3.63) is 69.6 Å². The van der Waals surface area contributed by atoms with Gasteiger partial charge in [0.2, 0.25) is 0 Å². The Morgan fingerprint density at radius 1 is 1.21 bits per heavy atom. The number of carboxylic acids is 1. The normalized spacial score (nSPS) is 16.0. The fourth-order valence-corrected chi connectivity index (χ4v) is 3.68. The van der Waals surface area contributed by atoms with E-state index in [4.69, 9.17) is 28.9 Å². The minimum Gasteiger partial charge on any atom is -0.478 e. The molecule has 24 heavy (non-hydrogen) atoms. The van der Waals surface area contributed by atoms with Crippen LogP contribution in [0.5, 0.6) is 0 Å². The van der Waals surface area contributed by atoms with Gasteiger partial charge in [-0.15, -0.1) is 0 Å². The van der Waals surface area contributed by atoms with Crippen molar-refractivity contribution < 1.29 is 14.7 Å². The Bertz CT molecular complexity index is 895. The molecule has 1 fully saturated rings. The van der Waals surface area contributed by atoms with Crippen molar-refractivity contribution in [2.75, 3.05) is 4.90 Å². The number of benzene rings is 2. The fraction of sp³-hybridized carbons (Fsp3) is 0. The molecule has 7 heteroatoms. The van der Waals surface area contributed by atoms with Gasteiger partial charge in [-0.2, -0.15) is 0 Å². The zero-order valence-electron chi connectivity index (χ0n) is 12.1. The number of thioether (sulfide) groups is 1. The number of hydrogen-bond acceptors (Lipinski definition) is 4. The Labute approximate surface area is 152 Å². The molecule has 120 valence electrons. The number of carbonyl (C=O) groups excluding carboxylic acids is 1. The summed E-state index contributed by atoms with van der Waals surface area (Å²) in [4.78, 5) is 25.5. The van der Waals surface area contributed by atoms with E-state index in [-0.39, 0.29) is 11.5 Å². The second kappa shape index (κ2) is 6.76. The van der Waals surface area contributed by atoms with E-state index in [9.17, 15) is 9.59 Å². The first-order valence-corrected chi connectivity index (χ1v) is 8.43. The third-order valence-electron chi connectivity index (χ3n) is 3.34. The lowest BCUT2D eigenvalue weighted by atomic mass is 10.2. The van der Waals surface area contributed by atoms with Crippen molar-refractivity contribution in [1.29, 1.82) is 0 Å². The van der Waals surface area contributed by atoms with Crippen molar-refractivity contribution in [2.24, 2.45) is 0 Å². The molecular weight excluding hydrogens is 366 g/mol. The van der Waals surface area contributed by atoms with E-state index in [1.165, 1.54) is 17.0 Å². The summed E-state index contributed by atoms with van der Waals surface area (Å²) in [6, 6.07) is 13.3. The van der Waals surface area contributed by atoms with Gasteiger partial charge in [-0.05, 0) is 35.9 Å². The highest BCUT2D eigenvalue weighted by Gasteiger charge is 2.33. The molecule has 0 unspecified atom stereocenters. The number of anilines is 1. The van der Waals surface area contributed by atoms with Gasteiger partial charge in [-0.1, -0.05) is 59.8 Å². The van der Waals surface area contributed by atoms with E-state index < -0.39 is 5.97 Å². The monoisotopic (exact) mass is 375 g/mol. The molecular formula is C17H10ClNO3S2. The molecule has 0 aromatic heterocycles. The van der Waals surface area contributed by atoms with E-state index >= 15 is 0 Å². The number of thiocarbonyl (C=S) groups is 1. The lowest BCUT2D eigenvalue weighted by Crippen LogP contribution is -2.27. The molecule has 0 radical (unpaired) electrons. The van der Waals surface area contributed by atoms with Crippen LogP contribution >= 0.6 is 35.6 Å². The van der Waals surface area contributed by atoms with Crippen molar-refractivity contribution >= 4 is 63.5 Å². The van der Waals surface area contributed by atoms with Gasteiger partial charge in [0.15, 0.2) is 4.32 Å². The van der Waals surface area contributed by atoms with Crippen LogP contribution in [0.4, 0.5) is 5.69 Å². The highest BCUT2D eigenvalue weighted by atomic mass is 35.5. The number of hydrogen-bond donors (Lipinski definition) is 1. The van der Waals surface area contributed by atoms with Crippen LogP contribution < -0.4 is 4.90 Å². The van der Waals surface area contributed by atoms with Crippen molar-refractivity contribution in [1.82, 2.24) is 0 Å². The number of amides is 1. The average molecular weight is 376 g/mol. The molecule has 3 rings (SSSR count). The SMILES string of the molecule is O=C(O)c1cccc(N2C(=O)C(=Cc3ccccc3Cl)SC2=S)c1. The van der Waals surface area contributed by atoms with Crippen molar-refractivity contribution in [2.45, 2.75) is 0 Å². The Balaban J connectivity index is 1.97. The molecule has 2 aromatic rings. The Kier molecular flexibility index (Phi) is 4.71. The quantitative estimate of drug-likeness (QED) is 0.634. The Morgan fingerprint density at radius 3 is 2.67 bits per heavy atom. The van der Waals surface area contributed by atoms with E-state index in [1.54, 1.807) is 30.3 Å². The van der Waals surface area contributed by atoms with Crippen LogP contribution in [0, 0.1) is 0 Å². The summed E-state index contributed by atoms with van der Waals surface area (Å²) in [5, 5.41) is 9.63. The molecule has 2 aromatic carbocycles. The summed E-state index contributed by atoms with van der Waals surface area (Å²) in [5.74, 6) is -1.36. The smallest absolute Gasteiger partial charge is 0.335 e. The average Bonchev–Trinajstić information content (AvgIpc) is 2.83. The maximum Gasteiger partial charge on any atom is 0.335 e. The predicted molar refractivity (Wildman–Crippen MR) is 101 cm³/mol. The largest absolute Gasteiger partial charge is 0.478 e. The van der Waals surface area contributed by atoms with Crippen molar-refractivity contribution in [3.8, 4) is 0 Å². The zero-order valence-corrected chi connectivity index (χ0v) is 14.5. The molecule has 0 spiro atoms. The lowest BCUT2D eigenvalue weighted by molar-refractivity contribution is -0.113. The minimum absolute atomic E-state index is 0.0941. The number of halogens is 1. The van der Waals surface area contributed by atoms with Crippen LogP contribution in [0.1, 0.15) is 15.9 Å². The van der Waals surface area contributed by atoms with Crippen LogP contribution in [0.15, 0.2) is 53.4 Å². The second-order valence-corrected chi connectivity index (χ2v) is 6.98. The molecule has 0 atom stereocenters. The number of carbonyl (C=O) groups is 2. The summed E-state index contributed by atoms with van der Waals surface area (Å²) < 4.78 is 0.348. The molecule has 4 nitrogen and oxygen atoms in total. The van der Waals surface area contributed by atoms with Crippen LogP contribution in [-0.4, -0.2) is 21.3 Å². The molecule has 0 saturated carbocycles. The van der Waals surface area contributed by atoms with Gasteiger partial charge >= 0.3 is 5.97 Å². The molecule has 1 aliphatic rings. The lowest BCUT2D eigenvalue weighted by Gasteiger charge is -2.14. The van der Waals surface area contributed by atoms with E-state index in [0.29, 0.717) is 19.9 Å². The summed E-state index contributed by atoms with van der Waals surface area (Å²) >= 11 is 12.6. The first kappa shape index (κ1) is 16.7. The fourth-order valence-electron chi connectivity index (χ4n) is 2.20. The predicted octanol–water partition coefficient (Wildman–Crippen LogP) is 4.44. The Hall–Kier alpha value is -2.15. The molecule has 1 aliphatic heterocycles. The Morgan fingerprint density at radius 2 is 1.96 bits per heavy atom. The summed E-state index contributed by atoms with van der Waals surface area (Å²) in [7, 11) is 0. The zero-order chi connectivity index (χ0) is 17.3. The number of aromatic carboxylic acids is 1. The van der Waals surface area contributed by atoms with Crippen LogP contribution in [0.25, 0.3) is 6.08 Å². The number of rotatable bonds is 3. The summed E-state index contributed by atoms with van der Waals surface area (Å²) in [6.45, 7) is 0. The molecule has 0 aliphatic carbocycles. The van der Waals surface area contributed by atoms with Gasteiger partial charge < -0.3 is 5.11 Å². The minimum atomic E-state index is -1.06. The summed E-state index contributed by atoms with van der Waals surface area (Å²) in [5.41, 5.74) is 1.25. The number of carboxylic acid groups (broad SMARTS) is 1. The van der Waals surface area contributed by atoms with Gasteiger partial charge in [-0.25, -0.2) is 4.79 Å². The molecule has 0 bridgehead atoms. The topological polar surface area (TPSA) is 57.6 Å². The highest BCUT2D eigenvalue weighted by molar-refractivity contribution is 8.27. The van der Waals surface area contributed by atoms with Gasteiger partial charge in [0.25, 0.3) is 5.91 Å². The molecule has 1 heterocycles. The highest BCUT2D eigenvalue weighted by Crippen LogP contribution is 2.36. The van der Waals surface area contributed by atoms with Crippen LogP contribution in [0.3, 0.4) is 0 Å². The molecule has 1 N–H and O–H groups in total. The summed E-state index contributed by atoms with van der Waals surface area (Å²) in [6.07, 6.45) is 1.68. The van der Waals surface area contributed by atoms with Crippen molar-refractivity contribution in [3.63, 3.8) is 0 Å². The maximum atomic E-state index is 12.7. The third kappa shape index (κ3) is 3.21. The number of nitrogens with zero attached hydrogens (tertiary/aromatic N) is 1. The van der Waals surface area contributed by atoms with Gasteiger partial charge in [0.1, 0.15) is 0 Å². The standard InChI is InChI=1S/C17H10ClNO3S2/c18-13-7-2-1-4-10(13)9-14-15(20)19(17(23)24-14)12-6-3-5-11(8-12)16(21)22/h1-9H,(H,21,22). The van der Waals surface area contributed by atoms with Gasteiger partial charge in [0, 0.05) is 5.02 Å². The van der Waals surface area contributed by atoms with Gasteiger partial charge in [-0.3, -0.25) is 9.69 Å². The first-order chi connectivity index (χ1) is 11.5. The van der Waals surface area contributed by atoms with E-state index in [1.807, 2.05) is 12.1 Å². The van der Waals surface area contributed by atoms with Gasteiger partial charge in [0.05, 0.1) is 16.2 Å². The van der Waals surface area contributed by atoms with Crippen LogP contribution in [0.2, 0.25) is 5.02 Å².